The molecule has 0 spiro atoms. The van der Waals surface area contributed by atoms with E-state index in [9.17, 15) is 18.3 Å². The molecule has 5 rings (SSSR count). The fraction of sp³-hybridized carbons (Fsp3) is 0.256. The monoisotopic (exact) mass is 683 g/mol. The molecule has 0 radical (unpaired) electrons. The van der Waals surface area contributed by atoms with Gasteiger partial charge >= 0.3 is 5.97 Å². The molecule has 0 amide bonds. The Balaban J connectivity index is 1.12. The zero-order chi connectivity index (χ0) is 34.8. The molecule has 0 heterocycles. The molecule has 0 aliphatic rings. The topological polar surface area (TPSA) is 123 Å². The van der Waals surface area contributed by atoms with Crippen molar-refractivity contribution in [3.8, 4) is 39.9 Å². The first kappa shape index (κ1) is 35.3. The predicted octanol–water partition coefficient (Wildman–Crippen LogP) is 8.06. The van der Waals surface area contributed by atoms with Gasteiger partial charge in [0, 0.05) is 23.8 Å². The van der Waals surface area contributed by atoms with E-state index in [1.54, 1.807) is 60.7 Å². The predicted molar refractivity (Wildman–Crippen MR) is 191 cm³/mol. The smallest absolute Gasteiger partial charge is 0.335 e. The number of carbonyl (C=O) groups is 1. The summed E-state index contributed by atoms with van der Waals surface area (Å²) in [6, 6.07) is 29.5. The summed E-state index contributed by atoms with van der Waals surface area (Å²) in [7, 11) is -3.33. The Morgan fingerprint density at radius 2 is 1.39 bits per heavy atom. The molecule has 0 bridgehead atoms. The van der Waals surface area contributed by atoms with E-state index in [1.165, 1.54) is 6.26 Å². The molecule has 0 unspecified atom stereocenters. The molecule has 0 saturated carbocycles. The number of sulfone groups is 1. The van der Waals surface area contributed by atoms with Gasteiger partial charge in [0.15, 0.2) is 9.84 Å². The van der Waals surface area contributed by atoms with Crippen molar-refractivity contribution >= 4 is 26.6 Å². The number of nitrogens with zero attached hydrogens (tertiary/aromatic N) is 1. The lowest BCUT2D eigenvalue weighted by Crippen LogP contribution is -2.29. The average molecular weight is 684 g/mol. The summed E-state index contributed by atoms with van der Waals surface area (Å²) in [6.45, 7) is 5.95. The van der Waals surface area contributed by atoms with Gasteiger partial charge in [0.05, 0.1) is 17.1 Å². The summed E-state index contributed by atoms with van der Waals surface area (Å²) >= 11 is 0. The van der Waals surface area contributed by atoms with Crippen LogP contribution in [0.5, 0.6) is 28.7 Å². The number of benzene rings is 5. The van der Waals surface area contributed by atoms with Gasteiger partial charge in [-0.15, -0.1) is 0 Å². The van der Waals surface area contributed by atoms with Crippen LogP contribution in [0.3, 0.4) is 0 Å². The Kier molecular flexibility index (Phi) is 11.8. The largest absolute Gasteiger partial charge is 0.508 e. The average Bonchev–Trinajstić information content (AvgIpc) is 3.09. The molecule has 0 fully saturated rings. The highest BCUT2D eigenvalue weighted by Crippen LogP contribution is 2.41. The molecular weight excluding hydrogens is 642 g/mol. The maximum Gasteiger partial charge on any atom is 0.335 e. The van der Waals surface area contributed by atoms with Crippen LogP contribution in [-0.2, 0) is 9.84 Å². The van der Waals surface area contributed by atoms with Crippen molar-refractivity contribution in [3.05, 3.63) is 109 Å². The molecule has 0 atom stereocenters. The minimum absolute atomic E-state index is 0.153. The van der Waals surface area contributed by atoms with Crippen LogP contribution in [0.1, 0.15) is 36.5 Å². The van der Waals surface area contributed by atoms with Crippen LogP contribution in [0, 0.1) is 0 Å². The second-order valence-electron chi connectivity index (χ2n) is 11.7. The van der Waals surface area contributed by atoms with Crippen molar-refractivity contribution in [2.24, 2.45) is 0 Å². The third-order valence-corrected chi connectivity index (χ3v) is 9.33. The van der Waals surface area contributed by atoms with Crippen LogP contribution < -0.4 is 14.2 Å². The van der Waals surface area contributed by atoms with Crippen molar-refractivity contribution in [3.63, 3.8) is 0 Å². The standard InChI is InChI=1S/C39H41NO8S/c1-3-40(23-5-4-6-25-46-32-13-7-29(8-14-32)39(42)43)24-26-47-33-15-17-34(18-16-33)48-38-36(21-11-30-27-31(41)12-22-37(30)38)28-9-19-35(20-10-28)49(2,44)45/h7-22,27,41H,3-6,23-26H2,1-2H3,(H,42,43). The van der Waals surface area contributed by atoms with E-state index in [0.29, 0.717) is 30.5 Å². The van der Waals surface area contributed by atoms with Gasteiger partial charge in [-0.25, -0.2) is 13.2 Å². The minimum Gasteiger partial charge on any atom is -0.508 e. The maximum absolute atomic E-state index is 12.0. The van der Waals surface area contributed by atoms with Crippen LogP contribution in [0.4, 0.5) is 0 Å². The molecule has 49 heavy (non-hydrogen) atoms. The Morgan fingerprint density at radius 1 is 0.735 bits per heavy atom. The number of phenols is 1. The van der Waals surface area contributed by atoms with Crippen molar-refractivity contribution < 1.29 is 37.6 Å². The molecule has 5 aromatic carbocycles. The molecular formula is C39H41NO8S. The first-order chi connectivity index (χ1) is 23.6. The second kappa shape index (κ2) is 16.4. The Labute approximate surface area is 287 Å². The van der Waals surface area contributed by atoms with Crippen LogP contribution in [0.15, 0.2) is 108 Å². The second-order valence-corrected chi connectivity index (χ2v) is 13.8. The first-order valence-electron chi connectivity index (χ1n) is 16.3. The number of carboxylic acid groups (broad SMARTS) is 1. The molecule has 10 heteroatoms. The number of aromatic hydroxyl groups is 1. The van der Waals surface area contributed by atoms with Gasteiger partial charge in [-0.3, -0.25) is 0 Å². The highest BCUT2D eigenvalue weighted by molar-refractivity contribution is 7.90. The number of likely N-dealkylation sites (N-methyl/N-ethyl adjacent to an activating group) is 1. The summed E-state index contributed by atoms with van der Waals surface area (Å²) in [5.74, 6) is 1.82. The van der Waals surface area contributed by atoms with Gasteiger partial charge in [0.2, 0.25) is 0 Å². The van der Waals surface area contributed by atoms with E-state index in [-0.39, 0.29) is 16.2 Å². The molecule has 0 aliphatic carbocycles. The number of fused-ring (bicyclic) bond motifs is 1. The van der Waals surface area contributed by atoms with Gasteiger partial charge in [-0.2, -0.15) is 0 Å². The minimum atomic E-state index is -3.33. The summed E-state index contributed by atoms with van der Waals surface area (Å²) in [6.07, 6.45) is 4.17. The fourth-order valence-electron chi connectivity index (χ4n) is 5.45. The summed E-state index contributed by atoms with van der Waals surface area (Å²) in [4.78, 5) is 13.6. The molecule has 2 N–H and O–H groups in total. The van der Waals surface area contributed by atoms with E-state index in [4.69, 9.17) is 19.3 Å². The Bertz CT molecular complexity index is 1960. The number of carboxylic acids is 1. The Hall–Kier alpha value is -5.06. The van der Waals surface area contributed by atoms with Crippen molar-refractivity contribution in [1.82, 2.24) is 4.90 Å². The lowest BCUT2D eigenvalue weighted by Gasteiger charge is -2.20. The summed E-state index contributed by atoms with van der Waals surface area (Å²) in [5.41, 5.74) is 1.84. The third-order valence-electron chi connectivity index (χ3n) is 8.20. The molecule has 5 aromatic rings. The molecule has 0 aliphatic heterocycles. The lowest BCUT2D eigenvalue weighted by molar-refractivity contribution is 0.0696. The molecule has 0 saturated heterocycles. The highest BCUT2D eigenvalue weighted by atomic mass is 32.2. The van der Waals surface area contributed by atoms with Gasteiger partial charge in [0.1, 0.15) is 35.4 Å². The van der Waals surface area contributed by atoms with Crippen molar-refractivity contribution in [2.75, 3.05) is 39.1 Å². The normalized spacial score (nSPS) is 11.5. The van der Waals surface area contributed by atoms with Gasteiger partial charge in [-0.1, -0.05) is 25.1 Å². The first-order valence-corrected chi connectivity index (χ1v) is 18.2. The van der Waals surface area contributed by atoms with Crippen LogP contribution in [0.2, 0.25) is 0 Å². The van der Waals surface area contributed by atoms with Crippen LogP contribution >= 0.6 is 0 Å². The zero-order valence-electron chi connectivity index (χ0n) is 27.7. The quantitative estimate of drug-likeness (QED) is 0.0938. The lowest BCUT2D eigenvalue weighted by atomic mass is 9.99. The van der Waals surface area contributed by atoms with E-state index < -0.39 is 15.8 Å². The highest BCUT2D eigenvalue weighted by Gasteiger charge is 2.15. The number of ether oxygens (including phenoxy) is 3. The fourth-order valence-corrected chi connectivity index (χ4v) is 6.08. The SMILES string of the molecule is CCN(CCCCCOc1ccc(C(=O)O)cc1)CCOc1ccc(Oc2c(-c3ccc(S(C)(=O)=O)cc3)ccc3cc(O)ccc23)cc1. The number of rotatable bonds is 17. The number of aromatic carboxylic acids is 1. The van der Waals surface area contributed by atoms with E-state index in [2.05, 4.69) is 11.8 Å². The van der Waals surface area contributed by atoms with E-state index in [1.807, 2.05) is 42.5 Å². The molecule has 0 aromatic heterocycles. The molecule has 256 valence electrons. The zero-order valence-corrected chi connectivity index (χ0v) is 28.5. The number of hydrogen-bond donors (Lipinski definition) is 2. The van der Waals surface area contributed by atoms with Crippen molar-refractivity contribution in [2.45, 2.75) is 31.1 Å². The van der Waals surface area contributed by atoms with Crippen molar-refractivity contribution in [1.29, 1.82) is 0 Å². The van der Waals surface area contributed by atoms with Crippen LogP contribution in [0.25, 0.3) is 21.9 Å². The van der Waals surface area contributed by atoms with Gasteiger partial charge in [0.25, 0.3) is 0 Å². The number of hydrogen-bond acceptors (Lipinski definition) is 8. The van der Waals surface area contributed by atoms with E-state index in [0.717, 1.165) is 66.5 Å². The maximum atomic E-state index is 12.0. The molecule has 9 nitrogen and oxygen atoms in total. The Morgan fingerprint density at radius 3 is 2.04 bits per heavy atom. The summed E-state index contributed by atoms with van der Waals surface area (Å²) in [5, 5.41) is 20.7. The summed E-state index contributed by atoms with van der Waals surface area (Å²) < 4.78 is 42.2. The number of phenolic OH excluding ortho intramolecular Hbond substituents is 1. The van der Waals surface area contributed by atoms with Crippen LogP contribution in [-0.4, -0.2) is 68.6 Å². The number of unbranched alkanes of at least 4 members (excludes halogenated alkanes) is 2. The van der Waals surface area contributed by atoms with Gasteiger partial charge < -0.3 is 29.3 Å². The third kappa shape index (κ3) is 9.74. The van der Waals surface area contributed by atoms with E-state index >= 15 is 0 Å². The van der Waals surface area contributed by atoms with Gasteiger partial charge in [-0.05, 0) is 128 Å².